The largest absolute Gasteiger partial charge is 0.439 e. The Balaban J connectivity index is 1.95. The molecule has 4 rings (SSSR count). The predicted octanol–water partition coefficient (Wildman–Crippen LogP) is 3.86. The molecule has 1 aliphatic carbocycles. The van der Waals surface area contributed by atoms with Gasteiger partial charge in [0.25, 0.3) is 0 Å². The summed E-state index contributed by atoms with van der Waals surface area (Å²) >= 11 is 3.40. The molecule has 0 radical (unpaired) electrons. The minimum atomic E-state index is -0.522. The van der Waals surface area contributed by atoms with Crippen molar-refractivity contribution in [3.05, 3.63) is 86.7 Å². The van der Waals surface area contributed by atoms with Gasteiger partial charge in [-0.3, -0.25) is 4.79 Å². The van der Waals surface area contributed by atoms with Crippen LogP contribution in [0.2, 0.25) is 0 Å². The predicted molar refractivity (Wildman–Crippen MR) is 92.5 cm³/mol. The Bertz CT molecular complexity index is 981. The van der Waals surface area contributed by atoms with E-state index in [1.165, 1.54) is 0 Å². The van der Waals surface area contributed by atoms with E-state index in [2.05, 4.69) is 22.0 Å². The number of ether oxygens (including phenoxy) is 1. The lowest BCUT2D eigenvalue weighted by molar-refractivity contribution is 0.103. The highest BCUT2D eigenvalue weighted by Crippen LogP contribution is 2.47. The molecule has 2 N–H and O–H groups in total. The number of hydrogen-bond donors (Lipinski definition) is 1. The lowest BCUT2D eigenvalue weighted by Gasteiger charge is -2.25. The molecule has 2 aromatic carbocycles. The molecule has 0 fully saturated rings. The van der Waals surface area contributed by atoms with E-state index in [0.717, 1.165) is 15.6 Å². The number of carbonyl (C=O) groups excluding carboxylic acids is 1. The third kappa shape index (κ3) is 2.00. The van der Waals surface area contributed by atoms with Gasteiger partial charge in [-0.2, -0.15) is 5.26 Å². The first-order valence-corrected chi connectivity index (χ1v) is 8.12. The molecular formula is C19H11BrN2O2. The van der Waals surface area contributed by atoms with Crippen molar-refractivity contribution in [2.45, 2.75) is 5.92 Å². The summed E-state index contributed by atoms with van der Waals surface area (Å²) in [5, 5.41) is 9.56. The summed E-state index contributed by atoms with van der Waals surface area (Å²) in [6.07, 6.45) is 0. The Kier molecular flexibility index (Phi) is 3.29. The average Bonchev–Trinajstić information content (AvgIpc) is 2.87. The zero-order valence-electron chi connectivity index (χ0n) is 12.4. The lowest BCUT2D eigenvalue weighted by Crippen LogP contribution is -2.21. The van der Waals surface area contributed by atoms with Gasteiger partial charge in [0.05, 0.1) is 11.5 Å². The number of carbonyl (C=O) groups is 1. The summed E-state index contributed by atoms with van der Waals surface area (Å²) in [6.45, 7) is 0. The number of benzene rings is 2. The Morgan fingerprint density at radius 3 is 2.42 bits per heavy atom. The molecule has 4 nitrogen and oxygen atoms in total. The number of nitriles is 1. The van der Waals surface area contributed by atoms with Crippen molar-refractivity contribution < 1.29 is 9.53 Å². The number of ketones is 1. The first kappa shape index (κ1) is 14.7. The molecule has 24 heavy (non-hydrogen) atoms. The van der Waals surface area contributed by atoms with Crippen LogP contribution in [-0.2, 0) is 4.74 Å². The van der Waals surface area contributed by atoms with Crippen LogP contribution in [0, 0.1) is 11.3 Å². The van der Waals surface area contributed by atoms with Crippen LogP contribution in [0.3, 0.4) is 0 Å². The molecule has 2 aromatic rings. The van der Waals surface area contributed by atoms with Gasteiger partial charge in [-0.05, 0) is 17.7 Å². The van der Waals surface area contributed by atoms with E-state index in [1.807, 2.05) is 42.5 Å². The van der Waals surface area contributed by atoms with Crippen LogP contribution in [0.25, 0.3) is 5.76 Å². The van der Waals surface area contributed by atoms with Crippen LogP contribution in [0.5, 0.6) is 0 Å². The molecule has 116 valence electrons. The molecule has 1 unspecified atom stereocenters. The third-order valence-electron chi connectivity index (χ3n) is 4.28. The Labute approximate surface area is 147 Å². The minimum absolute atomic E-state index is 0.0497. The van der Waals surface area contributed by atoms with Crippen molar-refractivity contribution >= 4 is 27.5 Å². The molecular weight excluding hydrogens is 368 g/mol. The van der Waals surface area contributed by atoms with Crippen molar-refractivity contribution in [3.8, 4) is 6.07 Å². The van der Waals surface area contributed by atoms with Crippen LogP contribution < -0.4 is 5.73 Å². The second-order valence-electron chi connectivity index (χ2n) is 5.59. The molecule has 0 spiro atoms. The monoisotopic (exact) mass is 378 g/mol. The van der Waals surface area contributed by atoms with E-state index >= 15 is 0 Å². The molecule has 1 atom stereocenters. The fourth-order valence-corrected chi connectivity index (χ4v) is 3.47. The van der Waals surface area contributed by atoms with Crippen LogP contribution in [-0.4, -0.2) is 5.78 Å². The SMILES string of the molecule is N#CC1=C(N)OC2=C(C(=O)c3ccccc32)C1c1ccc(Br)cc1. The molecule has 1 heterocycles. The average molecular weight is 379 g/mol. The Hall–Kier alpha value is -2.84. The number of rotatable bonds is 1. The van der Waals surface area contributed by atoms with Gasteiger partial charge in [-0.15, -0.1) is 0 Å². The molecule has 1 aliphatic heterocycles. The van der Waals surface area contributed by atoms with E-state index in [-0.39, 0.29) is 17.2 Å². The van der Waals surface area contributed by atoms with Crippen molar-refractivity contribution in [1.82, 2.24) is 0 Å². The van der Waals surface area contributed by atoms with Crippen LogP contribution >= 0.6 is 15.9 Å². The normalized spacial score (nSPS) is 18.8. The maximum Gasteiger partial charge on any atom is 0.205 e. The number of halogens is 1. The van der Waals surface area contributed by atoms with E-state index < -0.39 is 5.92 Å². The van der Waals surface area contributed by atoms with Crippen molar-refractivity contribution in [2.24, 2.45) is 5.73 Å². The summed E-state index contributed by atoms with van der Waals surface area (Å²) in [5.41, 5.74) is 8.85. The van der Waals surface area contributed by atoms with Gasteiger partial charge in [0.15, 0.2) is 5.78 Å². The molecule has 0 aromatic heterocycles. The fraction of sp³-hybridized carbons (Fsp3) is 0.0526. The number of allylic oxidation sites excluding steroid dienone is 2. The first-order valence-electron chi connectivity index (χ1n) is 7.33. The molecule has 0 saturated heterocycles. The van der Waals surface area contributed by atoms with Gasteiger partial charge in [-0.25, -0.2) is 0 Å². The maximum absolute atomic E-state index is 12.9. The highest BCUT2D eigenvalue weighted by Gasteiger charge is 2.42. The van der Waals surface area contributed by atoms with Gasteiger partial charge < -0.3 is 10.5 Å². The Morgan fingerprint density at radius 1 is 1.08 bits per heavy atom. The number of Topliss-reactive ketones (excluding diaryl/α,β-unsaturated/α-hetero) is 1. The summed E-state index contributed by atoms with van der Waals surface area (Å²) in [7, 11) is 0. The molecule has 0 saturated carbocycles. The van der Waals surface area contributed by atoms with E-state index in [0.29, 0.717) is 16.9 Å². The van der Waals surface area contributed by atoms with Gasteiger partial charge >= 0.3 is 0 Å². The van der Waals surface area contributed by atoms with E-state index in [4.69, 9.17) is 10.5 Å². The summed E-state index contributed by atoms with van der Waals surface area (Å²) in [4.78, 5) is 12.9. The molecule has 5 heteroatoms. The zero-order valence-corrected chi connectivity index (χ0v) is 14.0. The van der Waals surface area contributed by atoms with Crippen LogP contribution in [0.1, 0.15) is 27.4 Å². The topological polar surface area (TPSA) is 76.1 Å². The van der Waals surface area contributed by atoms with Crippen LogP contribution in [0.15, 0.2) is 70.0 Å². The van der Waals surface area contributed by atoms with E-state index in [1.54, 1.807) is 6.07 Å². The fourth-order valence-electron chi connectivity index (χ4n) is 3.20. The van der Waals surface area contributed by atoms with Gasteiger partial charge in [0.1, 0.15) is 17.4 Å². The highest BCUT2D eigenvalue weighted by atomic mass is 79.9. The van der Waals surface area contributed by atoms with Gasteiger partial charge in [-0.1, -0.05) is 52.3 Å². The molecule has 0 amide bonds. The first-order chi connectivity index (χ1) is 11.6. The van der Waals surface area contributed by atoms with Crippen molar-refractivity contribution in [1.29, 1.82) is 5.26 Å². The van der Waals surface area contributed by atoms with Crippen molar-refractivity contribution in [3.63, 3.8) is 0 Å². The van der Waals surface area contributed by atoms with Crippen LogP contribution in [0.4, 0.5) is 0 Å². The third-order valence-corrected chi connectivity index (χ3v) is 4.81. The second kappa shape index (κ2) is 5.36. The summed E-state index contributed by atoms with van der Waals surface area (Å²) in [5.74, 6) is -0.130. The number of hydrogen-bond acceptors (Lipinski definition) is 4. The minimum Gasteiger partial charge on any atom is -0.439 e. The second-order valence-corrected chi connectivity index (χ2v) is 6.51. The highest BCUT2D eigenvalue weighted by molar-refractivity contribution is 9.10. The molecule has 0 bridgehead atoms. The summed E-state index contributed by atoms with van der Waals surface area (Å²) < 4.78 is 6.59. The standard InChI is InChI=1S/C19H11BrN2O2/c20-11-7-5-10(6-8-11)15-14(9-21)19(22)24-18-13-4-2-1-3-12(13)17(23)16(15)18/h1-8,15H,22H2. The van der Waals surface area contributed by atoms with Gasteiger partial charge in [0, 0.05) is 15.6 Å². The number of nitrogens with two attached hydrogens (primary N) is 1. The smallest absolute Gasteiger partial charge is 0.205 e. The van der Waals surface area contributed by atoms with E-state index in [9.17, 15) is 10.1 Å². The molecule has 2 aliphatic rings. The zero-order chi connectivity index (χ0) is 16.8. The summed E-state index contributed by atoms with van der Waals surface area (Å²) in [6, 6.07) is 16.9. The maximum atomic E-state index is 12.9. The van der Waals surface area contributed by atoms with Gasteiger partial charge in [0.2, 0.25) is 5.88 Å². The quantitative estimate of drug-likeness (QED) is 0.816. The Morgan fingerprint density at radius 2 is 1.75 bits per heavy atom. The number of fused-ring (bicyclic) bond motifs is 2. The lowest BCUT2D eigenvalue weighted by atomic mass is 9.82. The van der Waals surface area contributed by atoms with Crippen molar-refractivity contribution in [2.75, 3.05) is 0 Å². The number of nitrogens with zero attached hydrogens (tertiary/aromatic N) is 1.